The van der Waals surface area contributed by atoms with Gasteiger partial charge in [0.1, 0.15) is 0 Å². The van der Waals surface area contributed by atoms with Crippen molar-refractivity contribution in [3.05, 3.63) is 21.4 Å². The van der Waals surface area contributed by atoms with E-state index < -0.39 is 0 Å². The minimum absolute atomic E-state index is 0.676. The Morgan fingerprint density at radius 3 is 2.59 bits per heavy atom. The van der Waals surface area contributed by atoms with Crippen LogP contribution < -0.4 is 5.32 Å². The molecular formula is C15H25NS. The van der Waals surface area contributed by atoms with Gasteiger partial charge in [-0.1, -0.05) is 19.3 Å². The van der Waals surface area contributed by atoms with E-state index in [4.69, 9.17) is 0 Å². The zero-order chi connectivity index (χ0) is 12.3. The van der Waals surface area contributed by atoms with Crippen LogP contribution in [0.3, 0.4) is 0 Å². The van der Waals surface area contributed by atoms with Crippen LogP contribution in [0.2, 0.25) is 0 Å². The summed E-state index contributed by atoms with van der Waals surface area (Å²) in [6, 6.07) is 3.01. The van der Waals surface area contributed by atoms with Crippen LogP contribution in [-0.4, -0.2) is 6.04 Å². The van der Waals surface area contributed by atoms with E-state index in [1.54, 1.807) is 0 Å². The number of nitrogens with one attached hydrogen (secondary N) is 1. The van der Waals surface area contributed by atoms with Crippen LogP contribution in [0, 0.1) is 19.8 Å². The first-order valence-electron chi connectivity index (χ1n) is 6.96. The van der Waals surface area contributed by atoms with Crippen molar-refractivity contribution >= 4 is 11.3 Å². The molecule has 0 saturated heterocycles. The molecule has 1 unspecified atom stereocenters. The van der Waals surface area contributed by atoms with E-state index >= 15 is 0 Å². The van der Waals surface area contributed by atoms with Crippen molar-refractivity contribution in [1.82, 2.24) is 5.32 Å². The van der Waals surface area contributed by atoms with E-state index in [0.29, 0.717) is 6.04 Å². The third-order valence-electron chi connectivity index (χ3n) is 4.12. The maximum Gasteiger partial charge on any atom is 0.0219 e. The standard InChI is InChI=1S/C15H25NS/c1-11-9-15(13(3)17-11)10-16-12(2)14-7-5-4-6-8-14/h9,12,14,16H,4-8,10H2,1-3H3. The highest BCUT2D eigenvalue weighted by Crippen LogP contribution is 2.27. The minimum Gasteiger partial charge on any atom is -0.310 e. The molecule has 1 aliphatic carbocycles. The Balaban J connectivity index is 1.82. The molecule has 0 aromatic carbocycles. The van der Waals surface area contributed by atoms with Crippen molar-refractivity contribution in [2.45, 2.75) is 65.5 Å². The largest absolute Gasteiger partial charge is 0.310 e. The van der Waals surface area contributed by atoms with E-state index in [9.17, 15) is 0 Å². The summed E-state index contributed by atoms with van der Waals surface area (Å²) in [5.74, 6) is 0.906. The summed E-state index contributed by atoms with van der Waals surface area (Å²) in [4.78, 5) is 2.91. The van der Waals surface area contributed by atoms with E-state index in [2.05, 4.69) is 32.2 Å². The molecule has 1 fully saturated rings. The average Bonchev–Trinajstić information content (AvgIpc) is 2.66. The second-order valence-electron chi connectivity index (χ2n) is 5.51. The molecule has 0 amide bonds. The fourth-order valence-corrected chi connectivity index (χ4v) is 3.88. The molecule has 1 atom stereocenters. The first-order chi connectivity index (χ1) is 8.16. The van der Waals surface area contributed by atoms with Gasteiger partial charge in [0.25, 0.3) is 0 Å². The highest BCUT2D eigenvalue weighted by atomic mass is 32.1. The van der Waals surface area contributed by atoms with Crippen LogP contribution in [0.5, 0.6) is 0 Å². The van der Waals surface area contributed by atoms with Crippen molar-refractivity contribution in [2.75, 3.05) is 0 Å². The van der Waals surface area contributed by atoms with Gasteiger partial charge < -0.3 is 5.32 Å². The molecule has 0 aliphatic heterocycles. The highest BCUT2D eigenvalue weighted by molar-refractivity contribution is 7.12. The van der Waals surface area contributed by atoms with Crippen molar-refractivity contribution in [2.24, 2.45) is 5.92 Å². The molecule has 17 heavy (non-hydrogen) atoms. The summed E-state index contributed by atoms with van der Waals surface area (Å²) in [5, 5.41) is 3.73. The van der Waals surface area contributed by atoms with Gasteiger partial charge in [-0.25, -0.2) is 0 Å². The Morgan fingerprint density at radius 2 is 2.00 bits per heavy atom. The summed E-state index contributed by atoms with van der Waals surface area (Å²) >= 11 is 1.92. The second-order valence-corrected chi connectivity index (χ2v) is 6.97. The van der Waals surface area contributed by atoms with Gasteiger partial charge in [-0.2, -0.15) is 0 Å². The Morgan fingerprint density at radius 1 is 1.29 bits per heavy atom. The van der Waals surface area contributed by atoms with Gasteiger partial charge in [-0.15, -0.1) is 11.3 Å². The highest BCUT2D eigenvalue weighted by Gasteiger charge is 2.19. The van der Waals surface area contributed by atoms with Crippen LogP contribution in [-0.2, 0) is 6.54 Å². The molecule has 0 radical (unpaired) electrons. The van der Waals surface area contributed by atoms with Gasteiger partial charge in [-0.05, 0) is 51.2 Å². The molecule has 1 aromatic heterocycles. The molecule has 1 heterocycles. The maximum atomic E-state index is 3.73. The number of hydrogen-bond acceptors (Lipinski definition) is 2. The predicted molar refractivity (Wildman–Crippen MR) is 76.7 cm³/mol. The minimum atomic E-state index is 0.676. The molecule has 2 rings (SSSR count). The number of aryl methyl sites for hydroxylation is 2. The van der Waals surface area contributed by atoms with Crippen molar-refractivity contribution in [3.8, 4) is 0 Å². The Labute approximate surface area is 110 Å². The van der Waals surface area contributed by atoms with Crippen molar-refractivity contribution in [3.63, 3.8) is 0 Å². The molecule has 0 bridgehead atoms. The van der Waals surface area contributed by atoms with Gasteiger partial charge in [0.05, 0.1) is 0 Å². The zero-order valence-electron chi connectivity index (χ0n) is 11.4. The molecule has 1 aliphatic rings. The Hall–Kier alpha value is -0.340. The summed E-state index contributed by atoms with van der Waals surface area (Å²) in [5.41, 5.74) is 1.50. The number of thiophene rings is 1. The lowest BCUT2D eigenvalue weighted by molar-refractivity contribution is 0.280. The van der Waals surface area contributed by atoms with E-state index in [0.717, 1.165) is 12.5 Å². The number of rotatable bonds is 4. The molecule has 1 N–H and O–H groups in total. The zero-order valence-corrected chi connectivity index (χ0v) is 12.2. The fraction of sp³-hybridized carbons (Fsp3) is 0.733. The van der Waals surface area contributed by atoms with E-state index in [1.807, 2.05) is 11.3 Å². The van der Waals surface area contributed by atoms with Crippen LogP contribution >= 0.6 is 11.3 Å². The lowest BCUT2D eigenvalue weighted by Gasteiger charge is -2.28. The van der Waals surface area contributed by atoms with Crippen molar-refractivity contribution < 1.29 is 0 Å². The second kappa shape index (κ2) is 6.01. The van der Waals surface area contributed by atoms with Crippen LogP contribution in [0.25, 0.3) is 0 Å². The third-order valence-corrected chi connectivity index (χ3v) is 5.12. The summed E-state index contributed by atoms with van der Waals surface area (Å²) in [6.07, 6.45) is 7.18. The monoisotopic (exact) mass is 251 g/mol. The lowest BCUT2D eigenvalue weighted by Crippen LogP contribution is -2.34. The smallest absolute Gasteiger partial charge is 0.0219 e. The maximum absolute atomic E-state index is 3.73. The van der Waals surface area contributed by atoms with E-state index in [-0.39, 0.29) is 0 Å². The average molecular weight is 251 g/mol. The molecular weight excluding hydrogens is 226 g/mol. The first-order valence-corrected chi connectivity index (χ1v) is 7.78. The van der Waals surface area contributed by atoms with Gasteiger partial charge in [0.15, 0.2) is 0 Å². The Kier molecular flexibility index (Phi) is 4.63. The molecule has 1 saturated carbocycles. The molecule has 1 aromatic rings. The van der Waals surface area contributed by atoms with Crippen LogP contribution in [0.1, 0.15) is 54.3 Å². The first kappa shape index (κ1) is 13.1. The predicted octanol–water partition coefficient (Wildman–Crippen LogP) is 4.42. The lowest BCUT2D eigenvalue weighted by atomic mass is 9.84. The summed E-state index contributed by atoms with van der Waals surface area (Å²) in [7, 11) is 0. The summed E-state index contributed by atoms with van der Waals surface area (Å²) in [6.45, 7) is 7.85. The van der Waals surface area contributed by atoms with Crippen molar-refractivity contribution in [1.29, 1.82) is 0 Å². The van der Waals surface area contributed by atoms with E-state index in [1.165, 1.54) is 47.4 Å². The van der Waals surface area contributed by atoms with Crippen LogP contribution in [0.4, 0.5) is 0 Å². The molecule has 96 valence electrons. The molecule has 1 nitrogen and oxygen atoms in total. The number of hydrogen-bond donors (Lipinski definition) is 1. The topological polar surface area (TPSA) is 12.0 Å². The third kappa shape index (κ3) is 3.56. The van der Waals surface area contributed by atoms with Crippen LogP contribution in [0.15, 0.2) is 6.07 Å². The molecule has 0 spiro atoms. The fourth-order valence-electron chi connectivity index (χ4n) is 2.93. The quantitative estimate of drug-likeness (QED) is 0.835. The van der Waals surface area contributed by atoms with Gasteiger partial charge in [-0.3, -0.25) is 0 Å². The molecule has 2 heteroatoms. The normalized spacial score (nSPS) is 19.5. The van der Waals surface area contributed by atoms with Gasteiger partial charge in [0, 0.05) is 22.3 Å². The van der Waals surface area contributed by atoms with Gasteiger partial charge in [0.2, 0.25) is 0 Å². The van der Waals surface area contributed by atoms with Gasteiger partial charge >= 0.3 is 0 Å². The summed E-state index contributed by atoms with van der Waals surface area (Å²) < 4.78 is 0. The SMILES string of the molecule is Cc1cc(CNC(C)C2CCCCC2)c(C)s1. The Bertz CT molecular complexity index is 350.